The van der Waals surface area contributed by atoms with E-state index in [0.29, 0.717) is 23.8 Å². The third-order valence-electron chi connectivity index (χ3n) is 13.1. The van der Waals surface area contributed by atoms with Gasteiger partial charge in [0.1, 0.15) is 6.10 Å². The van der Waals surface area contributed by atoms with Crippen molar-refractivity contribution in [2.24, 2.45) is 52.3 Å². The van der Waals surface area contributed by atoms with E-state index in [1.54, 1.807) is 12.1 Å². The van der Waals surface area contributed by atoms with Crippen molar-refractivity contribution in [1.29, 1.82) is 0 Å². The first-order valence-electron chi connectivity index (χ1n) is 16.7. The molecule has 5 heteroatoms. The zero-order chi connectivity index (χ0) is 30.6. The van der Waals surface area contributed by atoms with Gasteiger partial charge >= 0.3 is 5.97 Å². The van der Waals surface area contributed by atoms with Crippen molar-refractivity contribution in [3.05, 3.63) is 47.5 Å². The third kappa shape index (κ3) is 4.91. The van der Waals surface area contributed by atoms with Crippen molar-refractivity contribution in [2.75, 3.05) is 0 Å². The fourth-order valence-electron chi connectivity index (χ4n) is 10.3. The van der Waals surface area contributed by atoms with Crippen LogP contribution in [0.3, 0.4) is 0 Å². The predicted molar refractivity (Wildman–Crippen MR) is 166 cm³/mol. The molecule has 0 aromatic heterocycles. The first-order valence-corrected chi connectivity index (χ1v) is 16.7. The second-order valence-corrected chi connectivity index (χ2v) is 15.3. The van der Waals surface area contributed by atoms with Gasteiger partial charge in [0.25, 0.3) is 0 Å². The second-order valence-electron chi connectivity index (χ2n) is 15.3. The molecule has 0 amide bonds. The Bertz CT molecular complexity index is 1190. The molecule has 5 nitrogen and oxygen atoms in total. The second kappa shape index (κ2) is 11.5. The van der Waals surface area contributed by atoms with Crippen LogP contribution in [-0.4, -0.2) is 39.8 Å². The third-order valence-corrected chi connectivity index (χ3v) is 13.1. The Balaban J connectivity index is 1.38. The van der Waals surface area contributed by atoms with Gasteiger partial charge in [-0.2, -0.15) is 0 Å². The molecule has 0 aliphatic heterocycles. The van der Waals surface area contributed by atoms with Crippen LogP contribution in [0.15, 0.2) is 42.0 Å². The lowest BCUT2D eigenvalue weighted by atomic mass is 9.44. The molecule has 4 aliphatic rings. The summed E-state index contributed by atoms with van der Waals surface area (Å²) < 4.78 is 6.00. The lowest BCUT2D eigenvalue weighted by molar-refractivity contribution is -0.150. The summed E-state index contributed by atoms with van der Waals surface area (Å²) in [6.45, 7) is 15.4. The molecule has 1 aromatic rings. The Morgan fingerprint density at radius 1 is 1.05 bits per heavy atom. The molecular formula is C37H54O5. The Morgan fingerprint density at radius 3 is 2.38 bits per heavy atom. The van der Waals surface area contributed by atoms with E-state index in [-0.39, 0.29) is 58.3 Å². The van der Waals surface area contributed by atoms with E-state index in [9.17, 15) is 19.8 Å². The summed E-state index contributed by atoms with van der Waals surface area (Å²) in [6, 6.07) is 9.07. The summed E-state index contributed by atoms with van der Waals surface area (Å²) in [5.41, 5.74) is -0.187. The molecular weight excluding hydrogens is 524 g/mol. The zero-order valence-electron chi connectivity index (χ0n) is 26.9. The fraction of sp³-hybridized carbons (Fsp3) is 0.730. The van der Waals surface area contributed by atoms with E-state index < -0.39 is 11.7 Å². The quantitative estimate of drug-likeness (QED) is 0.314. The number of carbonyl (C=O) groups excluding carboxylic acids is 2. The Morgan fingerprint density at radius 2 is 1.74 bits per heavy atom. The van der Waals surface area contributed by atoms with Gasteiger partial charge in [-0.3, -0.25) is 4.79 Å². The minimum Gasteiger partial charge on any atom is -0.458 e. The predicted octanol–water partition coefficient (Wildman–Crippen LogP) is 7.40. The maximum atomic E-state index is 14.0. The fourth-order valence-corrected chi connectivity index (χ4v) is 10.3. The average Bonchev–Trinajstić information content (AvgIpc) is 3.24. The normalized spacial score (nSPS) is 39.9. The first-order chi connectivity index (χ1) is 19.8. The van der Waals surface area contributed by atoms with Gasteiger partial charge in [0, 0.05) is 17.3 Å². The van der Waals surface area contributed by atoms with Gasteiger partial charge in [-0.05, 0) is 104 Å². The molecule has 232 valence electrons. The summed E-state index contributed by atoms with van der Waals surface area (Å²) in [4.78, 5) is 26.9. The van der Waals surface area contributed by atoms with Crippen LogP contribution in [-0.2, 0) is 9.53 Å². The highest BCUT2D eigenvalue weighted by Crippen LogP contribution is 2.68. The number of aliphatic hydroxyl groups is 2. The highest BCUT2D eigenvalue weighted by molar-refractivity contribution is 5.95. The topological polar surface area (TPSA) is 83.8 Å². The van der Waals surface area contributed by atoms with Crippen LogP contribution in [0.4, 0.5) is 0 Å². The van der Waals surface area contributed by atoms with Crippen molar-refractivity contribution in [1.82, 2.24) is 0 Å². The van der Waals surface area contributed by atoms with Crippen LogP contribution in [0.5, 0.6) is 0 Å². The zero-order valence-corrected chi connectivity index (χ0v) is 26.9. The number of ether oxygens (including phenoxy) is 1. The molecule has 3 fully saturated rings. The van der Waals surface area contributed by atoms with Crippen molar-refractivity contribution in [3.8, 4) is 0 Å². The van der Waals surface area contributed by atoms with E-state index in [1.807, 2.05) is 24.3 Å². The SMILES string of the molecule is CCC(CC(O)C(C)C1CCC2(O)C3=CC(=O)C4C(C)C(OC(=O)c5ccccc5)CCC4(C)C3CCC12C)C(C)C. The van der Waals surface area contributed by atoms with E-state index >= 15 is 0 Å². The van der Waals surface area contributed by atoms with Gasteiger partial charge in [-0.15, -0.1) is 0 Å². The molecule has 5 rings (SSSR count). The minimum absolute atomic E-state index is 0.0774. The van der Waals surface area contributed by atoms with Gasteiger partial charge < -0.3 is 14.9 Å². The lowest BCUT2D eigenvalue weighted by Gasteiger charge is -2.61. The van der Waals surface area contributed by atoms with Crippen LogP contribution in [0, 0.1) is 52.3 Å². The molecule has 1 aromatic carbocycles. The summed E-state index contributed by atoms with van der Waals surface area (Å²) in [6.07, 6.45) is 7.85. The Labute approximate surface area is 253 Å². The van der Waals surface area contributed by atoms with Crippen LogP contribution in [0.2, 0.25) is 0 Å². The van der Waals surface area contributed by atoms with E-state index in [4.69, 9.17) is 4.74 Å². The summed E-state index contributed by atoms with van der Waals surface area (Å²) >= 11 is 0. The van der Waals surface area contributed by atoms with E-state index in [2.05, 4.69) is 48.5 Å². The Kier molecular flexibility index (Phi) is 8.61. The van der Waals surface area contributed by atoms with Crippen LogP contribution >= 0.6 is 0 Å². The highest BCUT2D eigenvalue weighted by Gasteiger charge is 2.67. The molecule has 0 radical (unpaired) electrons. The number of rotatable bonds is 8. The number of carbonyl (C=O) groups is 2. The maximum Gasteiger partial charge on any atom is 0.338 e. The van der Waals surface area contributed by atoms with Crippen molar-refractivity contribution < 1.29 is 24.5 Å². The molecule has 0 spiro atoms. The summed E-state index contributed by atoms with van der Waals surface area (Å²) in [7, 11) is 0. The number of allylic oxidation sites excluding steroid dienone is 1. The summed E-state index contributed by atoms with van der Waals surface area (Å²) in [5, 5.41) is 24.0. The standard InChI is InChI=1S/C37H54O5/c1-8-25(22(2)3)20-30(38)23(4)27-15-19-37(41)29-21-31(39)33-24(5)32(42-34(40)26-12-10-9-11-13-26)16-17-35(33,6)28(29)14-18-36(27,37)7/h9-13,21-25,27-28,30,32-33,38,41H,8,14-20H2,1-7H3. The lowest BCUT2D eigenvalue weighted by Crippen LogP contribution is -2.61. The van der Waals surface area contributed by atoms with E-state index in [0.717, 1.165) is 50.5 Å². The molecule has 0 bridgehead atoms. The number of ketones is 1. The number of hydrogen-bond donors (Lipinski definition) is 2. The number of benzene rings is 1. The van der Waals surface area contributed by atoms with Crippen molar-refractivity contribution >= 4 is 11.8 Å². The van der Waals surface area contributed by atoms with Crippen LogP contribution < -0.4 is 0 Å². The molecule has 0 heterocycles. The Hall–Kier alpha value is -1.98. The molecule has 11 atom stereocenters. The average molecular weight is 579 g/mol. The maximum absolute atomic E-state index is 14.0. The molecule has 42 heavy (non-hydrogen) atoms. The van der Waals surface area contributed by atoms with Crippen molar-refractivity contribution in [3.63, 3.8) is 0 Å². The molecule has 0 saturated heterocycles. The summed E-state index contributed by atoms with van der Waals surface area (Å²) in [5.74, 6) is 0.878. The van der Waals surface area contributed by atoms with Crippen LogP contribution in [0.25, 0.3) is 0 Å². The van der Waals surface area contributed by atoms with Gasteiger partial charge in [0.15, 0.2) is 5.78 Å². The molecule has 3 saturated carbocycles. The number of hydrogen-bond acceptors (Lipinski definition) is 5. The number of fused-ring (bicyclic) bond motifs is 5. The first kappa shape index (κ1) is 31.4. The van der Waals surface area contributed by atoms with Gasteiger partial charge in [0.2, 0.25) is 0 Å². The van der Waals surface area contributed by atoms with Gasteiger partial charge in [-0.1, -0.05) is 73.1 Å². The molecule has 11 unspecified atom stereocenters. The van der Waals surface area contributed by atoms with Gasteiger partial charge in [-0.25, -0.2) is 4.79 Å². The van der Waals surface area contributed by atoms with Crippen LogP contribution in [0.1, 0.15) is 110 Å². The smallest absolute Gasteiger partial charge is 0.338 e. The molecule has 4 aliphatic carbocycles. The number of aliphatic hydroxyl groups excluding tert-OH is 1. The van der Waals surface area contributed by atoms with Crippen molar-refractivity contribution in [2.45, 2.75) is 118 Å². The largest absolute Gasteiger partial charge is 0.458 e. The number of esters is 1. The molecule has 2 N–H and O–H groups in total. The minimum atomic E-state index is -1.03. The van der Waals surface area contributed by atoms with Gasteiger partial charge in [0.05, 0.1) is 17.3 Å². The highest BCUT2D eigenvalue weighted by atomic mass is 16.5. The van der Waals surface area contributed by atoms with E-state index in [1.165, 1.54) is 0 Å². The monoisotopic (exact) mass is 578 g/mol.